The molecule has 1 aliphatic heterocycles. The monoisotopic (exact) mass is 660 g/mol. The minimum absolute atomic E-state index is 0.0966. The second-order valence-electron chi connectivity index (χ2n) is 11.0. The van der Waals surface area contributed by atoms with Gasteiger partial charge in [0.25, 0.3) is 0 Å². The number of nitrogens with zero attached hydrogens (tertiary/aromatic N) is 2. The highest BCUT2D eigenvalue weighted by molar-refractivity contribution is 9.10. The maximum absolute atomic E-state index is 6.74. The molecule has 7 heteroatoms. The number of benzene rings is 4. The third-order valence-corrected chi connectivity index (χ3v) is 8.81. The van der Waals surface area contributed by atoms with Crippen molar-refractivity contribution in [3.63, 3.8) is 0 Å². The van der Waals surface area contributed by atoms with Gasteiger partial charge in [0.05, 0.1) is 32.4 Å². The predicted octanol–water partition coefficient (Wildman–Crippen LogP) is 8.66. The molecule has 0 aliphatic carbocycles. The van der Waals surface area contributed by atoms with Crippen LogP contribution in [0.4, 0.5) is 0 Å². The standard InChI is InChI=1S/C33H30Br2N2O3/c1-33(2)39-20-24(40-33)19-38-23(17-36-29-9-5-3-7-25(29)26-8-4-6-10-30(26)36)18-37-31-13-11-21(34)15-27(31)28-16-22(35)12-14-32(28)37/h3-16,23-24H,17-20H2,1-2H3/t23-,24+/m1/s1. The lowest BCUT2D eigenvalue weighted by molar-refractivity contribution is -0.148. The molecule has 0 unspecified atom stereocenters. The molecule has 4 aromatic carbocycles. The summed E-state index contributed by atoms with van der Waals surface area (Å²) in [5, 5.41) is 4.96. The van der Waals surface area contributed by atoms with Crippen molar-refractivity contribution in [1.29, 1.82) is 0 Å². The van der Waals surface area contributed by atoms with Crippen LogP contribution >= 0.6 is 31.9 Å². The minimum Gasteiger partial charge on any atom is -0.372 e. The van der Waals surface area contributed by atoms with Gasteiger partial charge in [0, 0.05) is 52.6 Å². The third kappa shape index (κ3) is 4.78. The molecule has 2 atom stereocenters. The van der Waals surface area contributed by atoms with E-state index in [-0.39, 0.29) is 12.2 Å². The van der Waals surface area contributed by atoms with Crippen molar-refractivity contribution >= 4 is 75.5 Å². The second kappa shape index (κ2) is 10.3. The Morgan fingerprint density at radius 2 is 1.25 bits per heavy atom. The predicted molar refractivity (Wildman–Crippen MR) is 169 cm³/mol. The van der Waals surface area contributed by atoms with Crippen molar-refractivity contribution in [1.82, 2.24) is 9.13 Å². The van der Waals surface area contributed by atoms with E-state index in [9.17, 15) is 0 Å². The molecule has 0 saturated carbocycles. The normalized spacial score (nSPS) is 17.9. The van der Waals surface area contributed by atoms with Crippen molar-refractivity contribution in [3.8, 4) is 0 Å². The van der Waals surface area contributed by atoms with Crippen LogP contribution in [-0.4, -0.2) is 40.3 Å². The van der Waals surface area contributed by atoms with Crippen LogP contribution in [0.2, 0.25) is 0 Å². The van der Waals surface area contributed by atoms with Gasteiger partial charge in [-0.1, -0.05) is 68.3 Å². The smallest absolute Gasteiger partial charge is 0.163 e. The Balaban J connectivity index is 1.31. The van der Waals surface area contributed by atoms with Gasteiger partial charge < -0.3 is 23.3 Å². The zero-order valence-corrected chi connectivity index (χ0v) is 25.6. The quantitative estimate of drug-likeness (QED) is 0.172. The van der Waals surface area contributed by atoms with E-state index in [1.807, 2.05) is 13.8 Å². The zero-order valence-electron chi connectivity index (χ0n) is 22.4. The molecular formula is C33H30Br2N2O3. The Morgan fingerprint density at radius 1 is 0.750 bits per heavy atom. The fourth-order valence-corrected chi connectivity index (χ4v) is 6.83. The number of ether oxygens (including phenoxy) is 3. The first-order valence-electron chi connectivity index (χ1n) is 13.6. The van der Waals surface area contributed by atoms with Crippen LogP contribution in [0.5, 0.6) is 0 Å². The maximum atomic E-state index is 6.74. The second-order valence-corrected chi connectivity index (χ2v) is 12.8. The van der Waals surface area contributed by atoms with Gasteiger partial charge in [0.2, 0.25) is 0 Å². The number of rotatable bonds is 7. The molecule has 1 saturated heterocycles. The van der Waals surface area contributed by atoms with E-state index in [1.54, 1.807) is 0 Å². The topological polar surface area (TPSA) is 37.5 Å². The summed E-state index contributed by atoms with van der Waals surface area (Å²) in [5.74, 6) is -0.579. The lowest BCUT2D eigenvalue weighted by Gasteiger charge is -2.24. The van der Waals surface area contributed by atoms with E-state index >= 15 is 0 Å². The van der Waals surface area contributed by atoms with Gasteiger partial charge in [-0.05, 0) is 62.4 Å². The summed E-state index contributed by atoms with van der Waals surface area (Å²) in [6.07, 6.45) is -0.210. The zero-order chi connectivity index (χ0) is 27.4. The molecule has 0 N–H and O–H groups in total. The molecule has 0 spiro atoms. The Morgan fingerprint density at radius 3 is 1.75 bits per heavy atom. The molecule has 40 heavy (non-hydrogen) atoms. The van der Waals surface area contributed by atoms with Crippen molar-refractivity contribution in [2.75, 3.05) is 13.2 Å². The molecule has 5 nitrogen and oxygen atoms in total. The van der Waals surface area contributed by atoms with E-state index in [0.717, 1.165) is 8.95 Å². The summed E-state index contributed by atoms with van der Waals surface area (Å²) in [6.45, 7) is 6.32. The van der Waals surface area contributed by atoms with Gasteiger partial charge in [-0.2, -0.15) is 0 Å². The fraction of sp³-hybridized carbons (Fsp3) is 0.273. The fourth-order valence-electron chi connectivity index (χ4n) is 6.10. The first kappa shape index (κ1) is 26.2. The number of halogens is 2. The van der Waals surface area contributed by atoms with Gasteiger partial charge >= 0.3 is 0 Å². The SMILES string of the molecule is CC1(C)OC[C@H](CO[C@H](Cn2c3ccccc3c3ccccc32)Cn2c3ccc(Br)cc3c3cc(Br)ccc32)O1. The Bertz CT molecular complexity index is 1760. The molecule has 0 radical (unpaired) electrons. The lowest BCUT2D eigenvalue weighted by atomic mass is 10.2. The highest BCUT2D eigenvalue weighted by Gasteiger charge is 2.33. The number of hydrogen-bond donors (Lipinski definition) is 0. The molecule has 2 aromatic heterocycles. The number of hydrogen-bond acceptors (Lipinski definition) is 3. The van der Waals surface area contributed by atoms with Crippen LogP contribution in [-0.2, 0) is 27.3 Å². The molecule has 6 aromatic rings. The van der Waals surface area contributed by atoms with Crippen LogP contribution in [0.25, 0.3) is 43.6 Å². The Kier molecular flexibility index (Phi) is 6.76. The number of para-hydroxylation sites is 2. The first-order valence-corrected chi connectivity index (χ1v) is 15.2. The summed E-state index contributed by atoms with van der Waals surface area (Å²) >= 11 is 7.36. The largest absolute Gasteiger partial charge is 0.372 e. The summed E-state index contributed by atoms with van der Waals surface area (Å²) in [5.41, 5.74) is 4.81. The Labute approximate surface area is 249 Å². The molecular weight excluding hydrogens is 632 g/mol. The van der Waals surface area contributed by atoms with Crippen molar-refractivity contribution < 1.29 is 14.2 Å². The molecule has 7 rings (SSSR count). The van der Waals surface area contributed by atoms with Crippen LogP contribution in [0.15, 0.2) is 93.9 Å². The molecule has 204 valence electrons. The van der Waals surface area contributed by atoms with E-state index in [4.69, 9.17) is 14.2 Å². The van der Waals surface area contributed by atoms with Crippen molar-refractivity contribution in [2.24, 2.45) is 0 Å². The van der Waals surface area contributed by atoms with Crippen molar-refractivity contribution in [2.45, 2.75) is 44.9 Å². The lowest BCUT2D eigenvalue weighted by Crippen LogP contribution is -2.31. The molecule has 1 aliphatic rings. The summed E-state index contributed by atoms with van der Waals surface area (Å²) < 4.78 is 25.6. The van der Waals surface area contributed by atoms with Crippen LogP contribution in [0, 0.1) is 0 Å². The molecule has 3 heterocycles. The van der Waals surface area contributed by atoms with E-state index in [2.05, 4.69) is 126 Å². The highest BCUT2D eigenvalue weighted by atomic mass is 79.9. The average molecular weight is 662 g/mol. The first-order chi connectivity index (χ1) is 19.4. The molecule has 1 fully saturated rings. The average Bonchev–Trinajstić information content (AvgIpc) is 3.56. The number of fused-ring (bicyclic) bond motifs is 6. The van der Waals surface area contributed by atoms with Crippen LogP contribution < -0.4 is 0 Å². The van der Waals surface area contributed by atoms with E-state index in [0.29, 0.717) is 26.3 Å². The van der Waals surface area contributed by atoms with Crippen LogP contribution in [0.1, 0.15) is 13.8 Å². The van der Waals surface area contributed by atoms with E-state index in [1.165, 1.54) is 43.6 Å². The van der Waals surface area contributed by atoms with Crippen molar-refractivity contribution in [3.05, 3.63) is 93.9 Å². The minimum atomic E-state index is -0.579. The third-order valence-electron chi connectivity index (χ3n) is 7.83. The summed E-state index contributed by atoms with van der Waals surface area (Å²) in [6, 6.07) is 30.3. The highest BCUT2D eigenvalue weighted by Crippen LogP contribution is 2.35. The van der Waals surface area contributed by atoms with Gasteiger partial charge in [-0.15, -0.1) is 0 Å². The van der Waals surface area contributed by atoms with Gasteiger partial charge in [-0.25, -0.2) is 0 Å². The summed E-state index contributed by atoms with van der Waals surface area (Å²) in [4.78, 5) is 0. The maximum Gasteiger partial charge on any atom is 0.163 e. The Hall–Kier alpha value is -2.68. The van der Waals surface area contributed by atoms with Gasteiger partial charge in [0.1, 0.15) is 6.10 Å². The van der Waals surface area contributed by atoms with Gasteiger partial charge in [-0.3, -0.25) is 0 Å². The van der Waals surface area contributed by atoms with E-state index < -0.39 is 5.79 Å². The summed E-state index contributed by atoms with van der Waals surface area (Å²) in [7, 11) is 0. The van der Waals surface area contributed by atoms with Gasteiger partial charge in [0.15, 0.2) is 5.79 Å². The number of aromatic nitrogens is 2. The molecule has 0 bridgehead atoms. The molecule has 0 amide bonds. The van der Waals surface area contributed by atoms with Crippen LogP contribution in [0.3, 0.4) is 0 Å².